The van der Waals surface area contributed by atoms with E-state index in [2.05, 4.69) is 20.3 Å². The molecule has 0 aromatic carbocycles. The summed E-state index contributed by atoms with van der Waals surface area (Å²) in [7, 11) is 0. The highest BCUT2D eigenvalue weighted by molar-refractivity contribution is 5.95. The number of pyridine rings is 1. The summed E-state index contributed by atoms with van der Waals surface area (Å²) >= 11 is 0. The lowest BCUT2D eigenvalue weighted by Gasteiger charge is -2.39. The maximum atomic E-state index is 12.4. The van der Waals surface area contributed by atoms with E-state index in [1.165, 1.54) is 0 Å². The molecule has 0 saturated carbocycles. The quantitative estimate of drug-likeness (QED) is 0.857. The molecule has 1 saturated heterocycles. The molecule has 3 rings (SSSR count). The number of β-amino-alcohol motifs (C(OH)–C–C–N with tert-alkyl or cyclic N) is 1. The Balaban J connectivity index is 1.63. The fraction of sp³-hybridized carbons (Fsp3) is 0.500. The molecule has 0 unspecified atom stereocenters. The molecule has 2 aromatic rings. The van der Waals surface area contributed by atoms with Gasteiger partial charge in [0.05, 0.1) is 16.9 Å². The molecular weight excluding hydrogens is 318 g/mol. The Morgan fingerprint density at radius 1 is 1.44 bits per heavy atom. The third-order valence-corrected chi connectivity index (χ3v) is 4.62. The van der Waals surface area contributed by atoms with Crippen molar-refractivity contribution < 1.29 is 9.90 Å². The van der Waals surface area contributed by atoms with Crippen molar-refractivity contribution in [2.45, 2.75) is 38.8 Å². The van der Waals surface area contributed by atoms with E-state index in [-0.39, 0.29) is 12.5 Å². The van der Waals surface area contributed by atoms with Crippen molar-refractivity contribution >= 4 is 11.7 Å². The van der Waals surface area contributed by atoms with Gasteiger partial charge in [0.1, 0.15) is 5.82 Å². The number of piperidine rings is 1. The molecule has 1 fully saturated rings. The second kappa shape index (κ2) is 7.23. The van der Waals surface area contributed by atoms with Crippen LogP contribution < -0.4 is 10.2 Å². The van der Waals surface area contributed by atoms with Gasteiger partial charge in [-0.15, -0.1) is 0 Å². The van der Waals surface area contributed by atoms with Gasteiger partial charge in [0, 0.05) is 38.6 Å². The monoisotopic (exact) mass is 343 g/mol. The molecule has 1 aliphatic heterocycles. The van der Waals surface area contributed by atoms with Crippen LogP contribution in [0.3, 0.4) is 0 Å². The number of aliphatic hydroxyl groups is 1. The minimum absolute atomic E-state index is 0.194. The highest BCUT2D eigenvalue weighted by Gasteiger charge is 2.34. The Hall–Kier alpha value is -2.41. The van der Waals surface area contributed by atoms with E-state index in [4.69, 9.17) is 0 Å². The molecule has 3 heterocycles. The van der Waals surface area contributed by atoms with Gasteiger partial charge in [-0.2, -0.15) is 5.10 Å². The minimum atomic E-state index is -0.958. The molecule has 1 amide bonds. The normalized spacial score (nSPS) is 20.5. The summed E-state index contributed by atoms with van der Waals surface area (Å²) in [4.78, 5) is 18.8. The summed E-state index contributed by atoms with van der Waals surface area (Å²) in [5.74, 6) is 0.660. The molecule has 134 valence electrons. The summed E-state index contributed by atoms with van der Waals surface area (Å²) in [6.07, 6.45) is 5.01. The molecular formula is C18H25N5O2. The number of aromatic nitrogens is 3. The van der Waals surface area contributed by atoms with Crippen LogP contribution in [-0.4, -0.2) is 51.0 Å². The van der Waals surface area contributed by atoms with Crippen molar-refractivity contribution in [2.24, 2.45) is 0 Å². The molecule has 7 nitrogen and oxygen atoms in total. The number of carbonyl (C=O) groups is 1. The van der Waals surface area contributed by atoms with Crippen molar-refractivity contribution in [1.29, 1.82) is 0 Å². The molecule has 0 bridgehead atoms. The topological polar surface area (TPSA) is 83.3 Å². The summed E-state index contributed by atoms with van der Waals surface area (Å²) in [6, 6.07) is 5.75. The van der Waals surface area contributed by atoms with Crippen LogP contribution in [0.15, 0.2) is 30.6 Å². The first-order chi connectivity index (χ1) is 12.0. The van der Waals surface area contributed by atoms with Crippen LogP contribution in [0.25, 0.3) is 0 Å². The summed E-state index contributed by atoms with van der Waals surface area (Å²) < 4.78 is 1.74. The number of aryl methyl sites for hydroxylation is 2. The zero-order valence-corrected chi connectivity index (χ0v) is 14.8. The lowest BCUT2D eigenvalue weighted by molar-refractivity contribution is 0.0254. The second-order valence-electron chi connectivity index (χ2n) is 6.60. The van der Waals surface area contributed by atoms with Gasteiger partial charge < -0.3 is 15.3 Å². The number of amides is 1. The van der Waals surface area contributed by atoms with Gasteiger partial charge in [0.25, 0.3) is 5.91 Å². The largest absolute Gasteiger partial charge is 0.386 e. The van der Waals surface area contributed by atoms with Gasteiger partial charge in [-0.1, -0.05) is 6.07 Å². The van der Waals surface area contributed by atoms with Crippen LogP contribution in [0.1, 0.15) is 35.8 Å². The zero-order chi connectivity index (χ0) is 17.9. The number of nitrogens with zero attached hydrogens (tertiary/aromatic N) is 4. The van der Waals surface area contributed by atoms with Gasteiger partial charge >= 0.3 is 0 Å². The molecule has 1 atom stereocenters. The average Bonchev–Trinajstić information content (AvgIpc) is 3.02. The Bertz CT molecular complexity index is 730. The SMILES string of the molecule is CCn1cc(C(=O)NC[C@@]2(O)CCCN(c3ccccn3)C2)c(C)n1. The maximum Gasteiger partial charge on any atom is 0.254 e. The van der Waals surface area contributed by atoms with Gasteiger partial charge in [-0.3, -0.25) is 9.48 Å². The number of nitrogens with one attached hydrogen (secondary N) is 1. The summed E-state index contributed by atoms with van der Waals surface area (Å²) in [5.41, 5.74) is 0.299. The molecule has 7 heteroatoms. The number of rotatable bonds is 5. The molecule has 0 spiro atoms. The van der Waals surface area contributed by atoms with E-state index < -0.39 is 5.60 Å². The maximum absolute atomic E-state index is 12.4. The van der Waals surface area contributed by atoms with E-state index in [0.717, 1.165) is 25.3 Å². The summed E-state index contributed by atoms with van der Waals surface area (Å²) in [6.45, 7) is 6.04. The van der Waals surface area contributed by atoms with Crippen LogP contribution in [0, 0.1) is 6.92 Å². The third kappa shape index (κ3) is 3.99. The van der Waals surface area contributed by atoms with E-state index in [9.17, 15) is 9.90 Å². The molecule has 0 radical (unpaired) electrons. The van der Waals surface area contributed by atoms with Crippen LogP contribution in [0.2, 0.25) is 0 Å². The smallest absolute Gasteiger partial charge is 0.254 e. The average molecular weight is 343 g/mol. The Morgan fingerprint density at radius 3 is 2.96 bits per heavy atom. The summed E-state index contributed by atoms with van der Waals surface area (Å²) in [5, 5.41) is 18.1. The van der Waals surface area contributed by atoms with Crippen molar-refractivity contribution in [3.8, 4) is 0 Å². The first kappa shape index (κ1) is 17.4. The van der Waals surface area contributed by atoms with Gasteiger partial charge in [-0.05, 0) is 38.8 Å². The first-order valence-electron chi connectivity index (χ1n) is 8.71. The fourth-order valence-corrected chi connectivity index (χ4v) is 3.24. The third-order valence-electron chi connectivity index (χ3n) is 4.62. The predicted octanol–water partition coefficient (Wildman–Crippen LogP) is 1.37. The fourth-order valence-electron chi connectivity index (χ4n) is 3.24. The van der Waals surface area contributed by atoms with Gasteiger partial charge in [0.2, 0.25) is 0 Å². The molecule has 25 heavy (non-hydrogen) atoms. The minimum Gasteiger partial charge on any atom is -0.386 e. The molecule has 1 aliphatic rings. The number of hydrogen-bond acceptors (Lipinski definition) is 5. The zero-order valence-electron chi connectivity index (χ0n) is 14.8. The van der Waals surface area contributed by atoms with E-state index >= 15 is 0 Å². The van der Waals surface area contributed by atoms with Gasteiger partial charge in [-0.25, -0.2) is 4.98 Å². The van der Waals surface area contributed by atoms with Crippen molar-refractivity contribution in [2.75, 3.05) is 24.5 Å². The van der Waals surface area contributed by atoms with Gasteiger partial charge in [0.15, 0.2) is 0 Å². The van der Waals surface area contributed by atoms with E-state index in [0.29, 0.717) is 24.2 Å². The van der Waals surface area contributed by atoms with Crippen molar-refractivity contribution in [3.63, 3.8) is 0 Å². The lowest BCUT2D eigenvalue weighted by Crippen LogP contribution is -2.54. The van der Waals surface area contributed by atoms with E-state index in [1.807, 2.05) is 32.0 Å². The van der Waals surface area contributed by atoms with Crippen LogP contribution in [-0.2, 0) is 6.54 Å². The Kier molecular flexibility index (Phi) is 5.03. The van der Waals surface area contributed by atoms with Crippen molar-refractivity contribution in [1.82, 2.24) is 20.1 Å². The highest BCUT2D eigenvalue weighted by atomic mass is 16.3. The number of carbonyl (C=O) groups excluding carboxylic acids is 1. The highest BCUT2D eigenvalue weighted by Crippen LogP contribution is 2.24. The van der Waals surface area contributed by atoms with Crippen LogP contribution >= 0.6 is 0 Å². The lowest BCUT2D eigenvalue weighted by atomic mass is 9.92. The number of hydrogen-bond donors (Lipinski definition) is 2. The van der Waals surface area contributed by atoms with Crippen LogP contribution in [0.4, 0.5) is 5.82 Å². The Labute approximate surface area is 147 Å². The second-order valence-corrected chi connectivity index (χ2v) is 6.60. The van der Waals surface area contributed by atoms with Crippen molar-refractivity contribution in [3.05, 3.63) is 41.9 Å². The van der Waals surface area contributed by atoms with Crippen LogP contribution in [0.5, 0.6) is 0 Å². The molecule has 2 N–H and O–H groups in total. The first-order valence-corrected chi connectivity index (χ1v) is 8.71. The predicted molar refractivity (Wildman–Crippen MR) is 95.6 cm³/mol. The molecule has 2 aromatic heterocycles. The Morgan fingerprint density at radius 2 is 2.28 bits per heavy atom. The number of anilines is 1. The van der Waals surface area contributed by atoms with E-state index in [1.54, 1.807) is 17.1 Å². The molecule has 0 aliphatic carbocycles. The standard InChI is InChI=1S/C18H25N5O2/c1-3-23-11-15(14(2)21-23)17(24)20-12-18(25)8-6-10-22(13-18)16-7-4-5-9-19-16/h4-5,7,9,11,25H,3,6,8,10,12-13H2,1-2H3,(H,20,24)/t18-/m0/s1.